The van der Waals surface area contributed by atoms with Crippen molar-refractivity contribution >= 4 is 17.4 Å². The molecule has 0 amide bonds. The molecule has 0 aliphatic carbocycles. The molecule has 4 N–H and O–H groups in total. The van der Waals surface area contributed by atoms with Gasteiger partial charge in [0, 0.05) is 13.1 Å². The van der Waals surface area contributed by atoms with Crippen molar-refractivity contribution in [3.63, 3.8) is 0 Å². The first-order valence-corrected chi connectivity index (χ1v) is 5.83. The second kappa shape index (κ2) is 5.66. The van der Waals surface area contributed by atoms with Crippen molar-refractivity contribution < 1.29 is 0 Å². The Morgan fingerprint density at radius 1 is 1.39 bits per heavy atom. The molecule has 0 radical (unpaired) electrons. The van der Waals surface area contributed by atoms with Crippen molar-refractivity contribution in [2.24, 2.45) is 5.73 Å². The molecule has 0 aliphatic rings. The van der Waals surface area contributed by atoms with Crippen molar-refractivity contribution in [1.29, 1.82) is 0 Å². The van der Waals surface area contributed by atoms with E-state index in [1.807, 2.05) is 24.3 Å². The maximum absolute atomic E-state index is 11.3. The van der Waals surface area contributed by atoms with Gasteiger partial charge < -0.3 is 16.0 Å². The Morgan fingerprint density at radius 3 is 2.94 bits per heavy atom. The molecule has 0 spiro atoms. The molecule has 94 valence electrons. The molecule has 0 aliphatic heterocycles. The lowest BCUT2D eigenvalue weighted by atomic mass is 10.1. The Bertz CT molecular complexity index is 597. The molecule has 0 saturated carbocycles. The summed E-state index contributed by atoms with van der Waals surface area (Å²) in [7, 11) is 0. The van der Waals surface area contributed by atoms with Crippen LogP contribution in [0, 0.1) is 0 Å². The van der Waals surface area contributed by atoms with Gasteiger partial charge >= 0.3 is 0 Å². The minimum absolute atomic E-state index is 0.0625. The molecule has 18 heavy (non-hydrogen) atoms. The van der Waals surface area contributed by atoms with Crippen LogP contribution < -0.4 is 16.6 Å². The minimum atomic E-state index is -0.357. The van der Waals surface area contributed by atoms with Crippen LogP contribution in [0.15, 0.2) is 35.4 Å². The highest BCUT2D eigenvalue weighted by molar-refractivity contribution is 6.32. The molecule has 6 heteroatoms. The lowest BCUT2D eigenvalue weighted by Crippen LogP contribution is -2.11. The fourth-order valence-electron chi connectivity index (χ4n) is 1.56. The molecule has 1 aromatic heterocycles. The van der Waals surface area contributed by atoms with Crippen LogP contribution in [-0.4, -0.2) is 9.97 Å². The third-order valence-corrected chi connectivity index (χ3v) is 2.83. The summed E-state index contributed by atoms with van der Waals surface area (Å²) < 4.78 is 0. The van der Waals surface area contributed by atoms with E-state index in [0.29, 0.717) is 18.9 Å². The van der Waals surface area contributed by atoms with Crippen molar-refractivity contribution in [3.8, 4) is 0 Å². The van der Waals surface area contributed by atoms with E-state index in [1.165, 1.54) is 6.33 Å². The third-order valence-electron chi connectivity index (χ3n) is 2.48. The fraction of sp³-hybridized carbons (Fsp3) is 0.167. The molecular weight excluding hydrogens is 252 g/mol. The van der Waals surface area contributed by atoms with E-state index in [0.717, 1.165) is 11.1 Å². The number of aromatic amines is 1. The molecule has 5 nitrogen and oxygen atoms in total. The van der Waals surface area contributed by atoms with Gasteiger partial charge in [0.1, 0.15) is 5.02 Å². The summed E-state index contributed by atoms with van der Waals surface area (Å²) in [6, 6.07) is 7.86. The Balaban J connectivity index is 2.11. The first-order chi connectivity index (χ1) is 8.70. The average Bonchev–Trinajstić information content (AvgIpc) is 2.41. The van der Waals surface area contributed by atoms with Crippen LogP contribution in [-0.2, 0) is 13.1 Å². The largest absolute Gasteiger partial charge is 0.365 e. The van der Waals surface area contributed by atoms with Gasteiger partial charge in [-0.1, -0.05) is 35.9 Å². The van der Waals surface area contributed by atoms with Crippen LogP contribution in [0.3, 0.4) is 0 Å². The first kappa shape index (κ1) is 12.6. The smallest absolute Gasteiger partial charge is 0.271 e. The van der Waals surface area contributed by atoms with Crippen molar-refractivity contribution in [1.82, 2.24) is 9.97 Å². The van der Waals surface area contributed by atoms with E-state index in [-0.39, 0.29) is 10.6 Å². The standard InChI is InChI=1S/C12H13ClN4O/c13-10-11(16-7-17-12(10)18)15-6-9-3-1-2-8(4-9)5-14/h1-4,7H,5-6,14H2,(H2,15,16,17,18). The van der Waals surface area contributed by atoms with Gasteiger partial charge in [-0.15, -0.1) is 0 Å². The molecule has 0 unspecified atom stereocenters. The van der Waals surface area contributed by atoms with Crippen LogP contribution in [0.5, 0.6) is 0 Å². The summed E-state index contributed by atoms with van der Waals surface area (Å²) in [5, 5.41) is 3.08. The van der Waals surface area contributed by atoms with Gasteiger partial charge in [-0.3, -0.25) is 4.79 Å². The monoisotopic (exact) mass is 264 g/mol. The Kier molecular flexibility index (Phi) is 3.96. The van der Waals surface area contributed by atoms with E-state index >= 15 is 0 Å². The first-order valence-electron chi connectivity index (χ1n) is 5.45. The fourth-order valence-corrected chi connectivity index (χ4v) is 1.73. The molecule has 1 aromatic carbocycles. The maximum atomic E-state index is 11.3. The SMILES string of the molecule is NCc1cccc(CNc2nc[nH]c(=O)c2Cl)c1. The van der Waals surface area contributed by atoms with Gasteiger partial charge in [0.15, 0.2) is 5.82 Å². The number of benzene rings is 1. The van der Waals surface area contributed by atoms with Gasteiger partial charge in [0.05, 0.1) is 6.33 Å². The quantitative estimate of drug-likeness (QED) is 0.781. The van der Waals surface area contributed by atoms with Crippen molar-refractivity contribution in [2.45, 2.75) is 13.1 Å². The summed E-state index contributed by atoms with van der Waals surface area (Å²) in [5.41, 5.74) is 7.32. The highest BCUT2D eigenvalue weighted by atomic mass is 35.5. The van der Waals surface area contributed by atoms with Crippen molar-refractivity contribution in [2.75, 3.05) is 5.32 Å². The van der Waals surface area contributed by atoms with Gasteiger partial charge in [-0.05, 0) is 11.1 Å². The van der Waals surface area contributed by atoms with E-state index < -0.39 is 0 Å². The highest BCUT2D eigenvalue weighted by Gasteiger charge is 2.05. The summed E-state index contributed by atoms with van der Waals surface area (Å²) in [4.78, 5) is 17.6. The molecule has 2 aromatic rings. The van der Waals surface area contributed by atoms with Crippen LogP contribution in [0.25, 0.3) is 0 Å². The maximum Gasteiger partial charge on any atom is 0.271 e. The molecule has 0 fully saturated rings. The number of hydrogen-bond donors (Lipinski definition) is 3. The zero-order chi connectivity index (χ0) is 13.0. The topological polar surface area (TPSA) is 83.8 Å². The number of anilines is 1. The van der Waals surface area contributed by atoms with Gasteiger partial charge in [0.2, 0.25) is 0 Å². The van der Waals surface area contributed by atoms with Gasteiger partial charge in [-0.2, -0.15) is 0 Å². The van der Waals surface area contributed by atoms with Gasteiger partial charge in [0.25, 0.3) is 5.56 Å². The highest BCUT2D eigenvalue weighted by Crippen LogP contribution is 2.14. The van der Waals surface area contributed by atoms with Crippen LogP contribution in [0.2, 0.25) is 5.02 Å². The summed E-state index contributed by atoms with van der Waals surface area (Å²) in [5.74, 6) is 0.374. The van der Waals surface area contributed by atoms with E-state index in [2.05, 4.69) is 15.3 Å². The number of nitrogens with zero attached hydrogens (tertiary/aromatic N) is 1. The average molecular weight is 265 g/mol. The lowest BCUT2D eigenvalue weighted by Gasteiger charge is -2.07. The number of hydrogen-bond acceptors (Lipinski definition) is 4. The second-order valence-electron chi connectivity index (χ2n) is 3.77. The Hall–Kier alpha value is -1.85. The molecular formula is C12H13ClN4O. The predicted molar refractivity (Wildman–Crippen MR) is 71.5 cm³/mol. The molecule has 1 heterocycles. The molecule has 0 bridgehead atoms. The minimum Gasteiger partial charge on any atom is -0.365 e. The number of halogens is 1. The zero-order valence-corrected chi connectivity index (χ0v) is 10.4. The summed E-state index contributed by atoms with van der Waals surface area (Å²) in [6.45, 7) is 1.03. The predicted octanol–water partition coefficient (Wildman–Crippen LogP) is 1.49. The number of nitrogens with two attached hydrogens (primary N) is 1. The van der Waals surface area contributed by atoms with Gasteiger partial charge in [-0.25, -0.2) is 4.98 Å². The summed E-state index contributed by atoms with van der Waals surface area (Å²) >= 11 is 5.83. The number of nitrogens with one attached hydrogen (secondary N) is 2. The normalized spacial score (nSPS) is 10.3. The van der Waals surface area contributed by atoms with E-state index in [9.17, 15) is 4.79 Å². The zero-order valence-electron chi connectivity index (χ0n) is 9.61. The molecule has 0 saturated heterocycles. The lowest BCUT2D eigenvalue weighted by molar-refractivity contribution is 1.03. The molecule has 0 atom stereocenters. The van der Waals surface area contributed by atoms with Crippen molar-refractivity contribution in [3.05, 3.63) is 57.1 Å². The van der Waals surface area contributed by atoms with E-state index in [1.54, 1.807) is 0 Å². The Labute approximate surface area is 109 Å². The van der Waals surface area contributed by atoms with Crippen LogP contribution in [0.1, 0.15) is 11.1 Å². The molecule has 2 rings (SSSR count). The Morgan fingerprint density at radius 2 is 2.17 bits per heavy atom. The summed E-state index contributed by atoms with van der Waals surface area (Å²) in [6.07, 6.45) is 1.31. The third kappa shape index (κ3) is 2.88. The van der Waals surface area contributed by atoms with Crippen LogP contribution in [0.4, 0.5) is 5.82 Å². The van der Waals surface area contributed by atoms with Crippen LogP contribution >= 0.6 is 11.6 Å². The number of aromatic nitrogens is 2. The van der Waals surface area contributed by atoms with E-state index in [4.69, 9.17) is 17.3 Å². The number of rotatable bonds is 4. The second-order valence-corrected chi connectivity index (χ2v) is 4.15. The number of H-pyrrole nitrogens is 1.